The number of β-lactam (4-membered cyclic amide) rings is 1. The fourth-order valence-electron chi connectivity index (χ4n) is 4.83. The summed E-state index contributed by atoms with van der Waals surface area (Å²) >= 11 is 1.58. The van der Waals surface area contributed by atoms with Gasteiger partial charge >= 0.3 is 5.97 Å². The monoisotopic (exact) mass is 548 g/mol. The number of nitro benzene ring substituents is 1. The first-order chi connectivity index (χ1) is 17.6. The number of amides is 1. The zero-order chi connectivity index (χ0) is 26.7. The smallest absolute Gasteiger partial charge is 0.330 e. The van der Waals surface area contributed by atoms with E-state index in [4.69, 9.17) is 8.92 Å². The van der Waals surface area contributed by atoms with Gasteiger partial charge in [-0.1, -0.05) is 19.1 Å². The lowest BCUT2D eigenvalue weighted by Gasteiger charge is -2.44. The molecule has 4 rings (SSSR count). The summed E-state index contributed by atoms with van der Waals surface area (Å²) in [5, 5.41) is 10.7. The molecule has 2 aliphatic rings. The third-order valence-electron chi connectivity index (χ3n) is 6.62. The van der Waals surface area contributed by atoms with Crippen molar-refractivity contribution in [1.29, 1.82) is 0 Å². The third kappa shape index (κ3) is 5.81. The quantitative estimate of drug-likeness (QED) is 0.136. The predicted octanol–water partition coefficient (Wildman–Crippen LogP) is 3.46. The number of non-ortho nitro benzene ring substituents is 1. The summed E-state index contributed by atoms with van der Waals surface area (Å²) in [5.74, 6) is -0.385. The van der Waals surface area contributed by atoms with E-state index in [2.05, 4.69) is 0 Å². The van der Waals surface area contributed by atoms with Crippen LogP contribution in [-0.4, -0.2) is 59.8 Å². The molecule has 37 heavy (non-hydrogen) atoms. The molecule has 1 amide bonds. The maximum atomic E-state index is 13.0. The van der Waals surface area contributed by atoms with Crippen LogP contribution < -0.4 is 0 Å². The lowest BCUT2D eigenvalue weighted by Crippen LogP contribution is -2.62. The zero-order valence-electron chi connectivity index (χ0n) is 20.4. The summed E-state index contributed by atoms with van der Waals surface area (Å²) < 4.78 is 35.7. The number of ether oxygens (including phenoxy) is 1. The number of carbonyl (C=O) groups is 2. The SMILES string of the molecule is CCSC1CC2[C@H](CCOS(=O)(=O)c3cccc(C)c3)C(=O)N2C1C(=O)OCc1ccc([N+](=O)[O-])cc1. The first-order valence-corrected chi connectivity index (χ1v) is 14.4. The molecule has 4 atom stereocenters. The number of hydrogen-bond acceptors (Lipinski definition) is 9. The van der Waals surface area contributed by atoms with E-state index in [0.29, 0.717) is 12.0 Å². The Hall–Kier alpha value is -2.96. The highest BCUT2D eigenvalue weighted by molar-refractivity contribution is 7.99. The molecule has 0 radical (unpaired) electrons. The van der Waals surface area contributed by atoms with Crippen LogP contribution in [0.2, 0.25) is 0 Å². The van der Waals surface area contributed by atoms with Gasteiger partial charge in [0.05, 0.1) is 22.3 Å². The van der Waals surface area contributed by atoms with Crippen LogP contribution in [0.25, 0.3) is 0 Å². The second-order valence-corrected chi connectivity index (χ2v) is 12.1. The molecule has 3 unspecified atom stereocenters. The summed E-state index contributed by atoms with van der Waals surface area (Å²) in [6.07, 6.45) is 0.843. The number of nitrogens with zero attached hydrogens (tertiary/aromatic N) is 2. The first kappa shape index (κ1) is 27.1. The number of hydrogen-bond donors (Lipinski definition) is 0. The number of aryl methyl sites for hydroxylation is 1. The summed E-state index contributed by atoms with van der Waals surface area (Å²) in [4.78, 5) is 37.9. The fraction of sp³-hybridized carbons (Fsp3) is 0.440. The summed E-state index contributed by atoms with van der Waals surface area (Å²) in [5.41, 5.74) is 1.35. The van der Waals surface area contributed by atoms with Crippen LogP contribution in [-0.2, 0) is 35.2 Å². The highest BCUT2D eigenvalue weighted by Gasteiger charge is 2.59. The largest absolute Gasteiger partial charge is 0.459 e. The van der Waals surface area contributed by atoms with Crippen molar-refractivity contribution >= 4 is 39.4 Å². The Morgan fingerprint density at radius 1 is 1.22 bits per heavy atom. The molecule has 0 spiro atoms. The minimum absolute atomic E-state index is 0.0546. The van der Waals surface area contributed by atoms with Crippen LogP contribution in [0.15, 0.2) is 53.4 Å². The van der Waals surface area contributed by atoms with Gasteiger partial charge in [-0.3, -0.25) is 19.1 Å². The van der Waals surface area contributed by atoms with Crippen LogP contribution >= 0.6 is 11.8 Å². The van der Waals surface area contributed by atoms with Gasteiger partial charge in [-0.05, 0) is 60.9 Å². The van der Waals surface area contributed by atoms with E-state index < -0.39 is 33.0 Å². The van der Waals surface area contributed by atoms with Crippen molar-refractivity contribution in [2.75, 3.05) is 12.4 Å². The first-order valence-electron chi connectivity index (χ1n) is 11.9. The Morgan fingerprint density at radius 3 is 2.59 bits per heavy atom. The number of esters is 1. The molecule has 0 aromatic heterocycles. The van der Waals surface area contributed by atoms with Crippen LogP contribution in [0.1, 0.15) is 30.9 Å². The molecule has 2 saturated heterocycles. The van der Waals surface area contributed by atoms with Crippen LogP contribution in [0.4, 0.5) is 5.69 Å². The van der Waals surface area contributed by atoms with Gasteiger partial charge in [0.1, 0.15) is 12.6 Å². The Kier molecular flexibility index (Phi) is 8.20. The minimum atomic E-state index is -3.93. The van der Waals surface area contributed by atoms with Crippen molar-refractivity contribution in [3.63, 3.8) is 0 Å². The number of benzene rings is 2. The number of thioether (sulfide) groups is 1. The Balaban J connectivity index is 1.35. The zero-order valence-corrected chi connectivity index (χ0v) is 22.1. The molecule has 198 valence electrons. The number of rotatable bonds is 11. The molecule has 0 bridgehead atoms. The molecular formula is C25H28N2O8S2. The fourth-order valence-corrected chi connectivity index (χ4v) is 7.04. The van der Waals surface area contributed by atoms with Gasteiger partial charge in [-0.15, -0.1) is 0 Å². The molecule has 12 heteroatoms. The van der Waals surface area contributed by atoms with Gasteiger partial charge in [-0.2, -0.15) is 20.2 Å². The van der Waals surface area contributed by atoms with E-state index in [1.54, 1.807) is 35.7 Å². The Bertz CT molecular complexity index is 1280. The molecule has 2 aromatic carbocycles. The minimum Gasteiger partial charge on any atom is -0.459 e. The maximum Gasteiger partial charge on any atom is 0.330 e. The normalized spacial score (nSPS) is 22.9. The van der Waals surface area contributed by atoms with Gasteiger partial charge in [0.15, 0.2) is 0 Å². The average molecular weight is 549 g/mol. The summed E-state index contributed by atoms with van der Waals surface area (Å²) in [7, 11) is -3.93. The van der Waals surface area contributed by atoms with Gasteiger partial charge in [-0.25, -0.2) is 4.79 Å². The molecule has 2 aromatic rings. The molecular weight excluding hydrogens is 520 g/mol. The average Bonchev–Trinajstić information content (AvgIpc) is 3.20. The predicted molar refractivity (Wildman–Crippen MR) is 136 cm³/mol. The molecule has 0 aliphatic carbocycles. The molecule has 0 saturated carbocycles. The van der Waals surface area contributed by atoms with E-state index >= 15 is 0 Å². The maximum absolute atomic E-state index is 13.0. The standard InChI is InChI=1S/C25H28N2O8S2/c1-3-36-22-14-21-20(11-12-35-37(32,33)19-6-4-5-16(2)13-19)24(28)26(21)23(22)25(29)34-15-17-7-9-18(10-8-17)27(30)31/h4-10,13,20-23H,3,11-12,14-15H2,1-2H3/t20-,21?,22?,23?/m0/s1. The topological polar surface area (TPSA) is 133 Å². The molecule has 2 fully saturated rings. The van der Waals surface area contributed by atoms with Crippen LogP contribution in [0.3, 0.4) is 0 Å². The molecule has 10 nitrogen and oxygen atoms in total. The van der Waals surface area contributed by atoms with Gasteiger partial charge in [0.2, 0.25) is 5.91 Å². The van der Waals surface area contributed by atoms with E-state index in [1.165, 1.54) is 36.4 Å². The van der Waals surface area contributed by atoms with Gasteiger partial charge in [0, 0.05) is 23.4 Å². The number of nitro groups is 1. The Morgan fingerprint density at radius 2 is 1.95 bits per heavy atom. The van der Waals surface area contributed by atoms with Gasteiger partial charge in [0.25, 0.3) is 15.8 Å². The number of fused-ring (bicyclic) bond motifs is 1. The summed E-state index contributed by atoms with van der Waals surface area (Å²) in [6, 6.07) is 11.3. The summed E-state index contributed by atoms with van der Waals surface area (Å²) in [6.45, 7) is 3.58. The van der Waals surface area contributed by atoms with Crippen molar-refractivity contribution in [3.05, 3.63) is 69.8 Å². The highest BCUT2D eigenvalue weighted by Crippen LogP contribution is 2.45. The van der Waals surface area contributed by atoms with Crippen molar-refractivity contribution in [3.8, 4) is 0 Å². The molecule has 0 N–H and O–H groups in total. The number of carbonyl (C=O) groups excluding carboxylic acids is 2. The van der Waals surface area contributed by atoms with Crippen molar-refractivity contribution in [2.45, 2.75) is 55.5 Å². The molecule has 2 aliphatic heterocycles. The second kappa shape index (κ2) is 11.2. The lowest BCUT2D eigenvalue weighted by atomic mass is 9.85. The van der Waals surface area contributed by atoms with E-state index in [9.17, 15) is 28.1 Å². The molecule has 2 heterocycles. The van der Waals surface area contributed by atoms with Crippen molar-refractivity contribution < 1.29 is 31.9 Å². The third-order valence-corrected chi connectivity index (χ3v) is 9.14. The van der Waals surface area contributed by atoms with Crippen LogP contribution in [0, 0.1) is 23.0 Å². The van der Waals surface area contributed by atoms with Crippen molar-refractivity contribution in [1.82, 2.24) is 4.90 Å². The van der Waals surface area contributed by atoms with E-state index in [1.807, 2.05) is 6.92 Å². The van der Waals surface area contributed by atoms with E-state index in [0.717, 1.165) is 11.3 Å². The highest BCUT2D eigenvalue weighted by atomic mass is 32.2. The second-order valence-electron chi connectivity index (χ2n) is 9.01. The Labute approximate surface area is 219 Å². The van der Waals surface area contributed by atoms with E-state index in [-0.39, 0.29) is 47.4 Å². The van der Waals surface area contributed by atoms with Gasteiger partial charge < -0.3 is 9.64 Å². The van der Waals surface area contributed by atoms with Crippen LogP contribution in [0.5, 0.6) is 0 Å². The lowest BCUT2D eigenvalue weighted by molar-refractivity contribution is -0.384. The van der Waals surface area contributed by atoms with Crippen molar-refractivity contribution in [2.24, 2.45) is 5.92 Å².